The summed E-state index contributed by atoms with van der Waals surface area (Å²) in [7, 11) is 0. The van der Waals surface area contributed by atoms with Gasteiger partial charge in [0.25, 0.3) is 0 Å². The van der Waals surface area contributed by atoms with E-state index in [1.54, 1.807) is 12.4 Å². The average molecular weight is 271 g/mol. The molecule has 19 heavy (non-hydrogen) atoms. The van der Waals surface area contributed by atoms with Crippen molar-refractivity contribution < 1.29 is 0 Å². The van der Waals surface area contributed by atoms with Crippen LogP contribution in [0.25, 0.3) is 5.65 Å². The molecule has 2 unspecified atom stereocenters. The van der Waals surface area contributed by atoms with Gasteiger partial charge in [0.15, 0.2) is 5.65 Å². The summed E-state index contributed by atoms with van der Waals surface area (Å²) in [5.41, 5.74) is 2.07. The first kappa shape index (κ1) is 10.9. The van der Waals surface area contributed by atoms with Gasteiger partial charge in [-0.05, 0) is 17.9 Å². The van der Waals surface area contributed by atoms with Gasteiger partial charge in [-0.15, -0.1) is 10.2 Å². The summed E-state index contributed by atoms with van der Waals surface area (Å²) in [4.78, 5) is 4.03. The van der Waals surface area contributed by atoms with Gasteiger partial charge in [-0.3, -0.25) is 9.38 Å². The van der Waals surface area contributed by atoms with Crippen LogP contribution >= 0.6 is 11.6 Å². The molecule has 4 nitrogen and oxygen atoms in total. The Hall–Kier alpha value is -1.94. The molecule has 94 valence electrons. The molecule has 1 fully saturated rings. The molecule has 5 heteroatoms. The Morgan fingerprint density at radius 1 is 1.05 bits per heavy atom. The van der Waals surface area contributed by atoms with Crippen LogP contribution in [0.5, 0.6) is 0 Å². The lowest BCUT2D eigenvalue weighted by Crippen LogP contribution is -1.96. The fourth-order valence-corrected chi connectivity index (χ4v) is 2.85. The molecular formula is C14H11ClN4. The number of hydrogen-bond donors (Lipinski definition) is 0. The number of halogens is 1. The van der Waals surface area contributed by atoms with Crippen molar-refractivity contribution in [2.24, 2.45) is 0 Å². The summed E-state index contributed by atoms with van der Waals surface area (Å²) < 4.78 is 1.89. The third kappa shape index (κ3) is 1.71. The smallest absolute Gasteiger partial charge is 0.180 e. The Labute approximate surface area is 115 Å². The van der Waals surface area contributed by atoms with E-state index in [1.165, 1.54) is 5.56 Å². The van der Waals surface area contributed by atoms with E-state index in [4.69, 9.17) is 11.6 Å². The van der Waals surface area contributed by atoms with E-state index in [0.29, 0.717) is 22.6 Å². The van der Waals surface area contributed by atoms with Crippen LogP contribution in [-0.4, -0.2) is 19.6 Å². The van der Waals surface area contributed by atoms with Gasteiger partial charge in [0.05, 0.1) is 12.4 Å². The molecule has 4 rings (SSSR count). The predicted molar refractivity (Wildman–Crippen MR) is 72.3 cm³/mol. The maximum atomic E-state index is 6.19. The van der Waals surface area contributed by atoms with Gasteiger partial charge >= 0.3 is 0 Å². The first-order valence-electron chi connectivity index (χ1n) is 6.24. The van der Waals surface area contributed by atoms with Crippen LogP contribution in [-0.2, 0) is 0 Å². The highest BCUT2D eigenvalue weighted by molar-refractivity contribution is 6.29. The van der Waals surface area contributed by atoms with Crippen LogP contribution in [0.3, 0.4) is 0 Å². The van der Waals surface area contributed by atoms with Gasteiger partial charge in [-0.1, -0.05) is 41.9 Å². The lowest BCUT2D eigenvalue weighted by atomic mass is 10.1. The predicted octanol–water partition coefficient (Wildman–Crippen LogP) is 3.05. The van der Waals surface area contributed by atoms with E-state index in [0.717, 1.165) is 12.2 Å². The van der Waals surface area contributed by atoms with E-state index in [2.05, 4.69) is 39.4 Å². The van der Waals surface area contributed by atoms with E-state index in [-0.39, 0.29) is 0 Å². The summed E-state index contributed by atoms with van der Waals surface area (Å²) in [6, 6.07) is 10.5. The zero-order valence-electron chi connectivity index (χ0n) is 10.1. The highest BCUT2D eigenvalue weighted by Gasteiger charge is 2.42. The molecule has 0 saturated heterocycles. The summed E-state index contributed by atoms with van der Waals surface area (Å²) >= 11 is 6.19. The Morgan fingerprint density at radius 3 is 2.74 bits per heavy atom. The van der Waals surface area contributed by atoms with Crippen LogP contribution < -0.4 is 0 Å². The van der Waals surface area contributed by atoms with E-state index < -0.39 is 0 Å². The van der Waals surface area contributed by atoms with Crippen molar-refractivity contribution in [1.82, 2.24) is 19.6 Å². The minimum absolute atomic E-state index is 0.400. The quantitative estimate of drug-likeness (QED) is 0.719. The molecule has 2 aromatic heterocycles. The van der Waals surface area contributed by atoms with Crippen LogP contribution in [0.1, 0.15) is 29.6 Å². The van der Waals surface area contributed by atoms with Crippen LogP contribution in [0.4, 0.5) is 0 Å². The number of benzene rings is 1. The summed E-state index contributed by atoms with van der Waals surface area (Å²) in [5.74, 6) is 1.87. The normalized spacial score (nSPS) is 21.7. The van der Waals surface area contributed by atoms with Crippen molar-refractivity contribution in [2.45, 2.75) is 18.3 Å². The lowest BCUT2D eigenvalue weighted by molar-refractivity contribution is 0.868. The third-order valence-corrected chi connectivity index (χ3v) is 3.91. The van der Waals surface area contributed by atoms with Crippen LogP contribution in [0.15, 0.2) is 42.7 Å². The number of aromatic nitrogens is 4. The third-order valence-electron chi connectivity index (χ3n) is 3.65. The van der Waals surface area contributed by atoms with Crippen LogP contribution in [0, 0.1) is 0 Å². The van der Waals surface area contributed by atoms with E-state index in [9.17, 15) is 0 Å². The molecule has 2 atom stereocenters. The molecule has 1 aliphatic carbocycles. The maximum absolute atomic E-state index is 6.19. The SMILES string of the molecule is Clc1cncc2nnc(C3CC3c3ccccc3)n12. The highest BCUT2D eigenvalue weighted by Crippen LogP contribution is 2.54. The Kier molecular flexibility index (Phi) is 2.32. The second-order valence-corrected chi connectivity index (χ2v) is 5.23. The minimum Gasteiger partial charge on any atom is -0.266 e. The molecule has 2 heterocycles. The molecule has 0 aliphatic heterocycles. The Balaban J connectivity index is 1.74. The molecule has 1 saturated carbocycles. The zero-order chi connectivity index (χ0) is 12.8. The fraction of sp³-hybridized carbons (Fsp3) is 0.214. The number of rotatable bonds is 2. The second kappa shape index (κ2) is 4.03. The first-order valence-corrected chi connectivity index (χ1v) is 6.62. The molecule has 3 aromatic rings. The second-order valence-electron chi connectivity index (χ2n) is 4.84. The van der Waals surface area contributed by atoms with E-state index in [1.807, 2.05) is 10.5 Å². The van der Waals surface area contributed by atoms with Crippen molar-refractivity contribution in [3.05, 3.63) is 59.3 Å². The number of hydrogen-bond acceptors (Lipinski definition) is 3. The molecule has 1 aromatic carbocycles. The minimum atomic E-state index is 0.400. The highest BCUT2D eigenvalue weighted by atomic mass is 35.5. The van der Waals surface area contributed by atoms with E-state index >= 15 is 0 Å². The summed E-state index contributed by atoms with van der Waals surface area (Å²) in [6.45, 7) is 0. The molecule has 0 amide bonds. The topological polar surface area (TPSA) is 43.1 Å². The Bertz CT molecular complexity index is 738. The average Bonchev–Trinajstić information content (AvgIpc) is 3.12. The zero-order valence-corrected chi connectivity index (χ0v) is 10.8. The number of fused-ring (bicyclic) bond motifs is 1. The standard InChI is InChI=1S/C14H11ClN4/c15-12-7-16-8-13-17-18-14(19(12)13)11-6-10(11)9-4-2-1-3-5-9/h1-5,7-8,10-11H,6H2. The van der Waals surface area contributed by atoms with Gasteiger partial charge in [-0.25, -0.2) is 0 Å². The van der Waals surface area contributed by atoms with Gasteiger partial charge in [0.1, 0.15) is 11.0 Å². The van der Waals surface area contributed by atoms with Gasteiger partial charge in [-0.2, -0.15) is 0 Å². The molecule has 0 spiro atoms. The van der Waals surface area contributed by atoms with Gasteiger partial charge in [0.2, 0.25) is 0 Å². The monoisotopic (exact) mass is 270 g/mol. The largest absolute Gasteiger partial charge is 0.266 e. The molecule has 0 bridgehead atoms. The van der Waals surface area contributed by atoms with Gasteiger partial charge in [0, 0.05) is 5.92 Å². The summed E-state index contributed by atoms with van der Waals surface area (Å²) in [6.07, 6.45) is 4.41. The molecule has 1 aliphatic rings. The van der Waals surface area contributed by atoms with Gasteiger partial charge < -0.3 is 0 Å². The molecule has 0 N–H and O–H groups in total. The molecule has 0 radical (unpaired) electrons. The van der Waals surface area contributed by atoms with Crippen molar-refractivity contribution in [2.75, 3.05) is 0 Å². The molecular weight excluding hydrogens is 260 g/mol. The van der Waals surface area contributed by atoms with Crippen LogP contribution in [0.2, 0.25) is 5.15 Å². The van der Waals surface area contributed by atoms with Crippen molar-refractivity contribution in [3.63, 3.8) is 0 Å². The fourth-order valence-electron chi connectivity index (χ4n) is 2.62. The van der Waals surface area contributed by atoms with Crippen molar-refractivity contribution in [3.8, 4) is 0 Å². The first-order chi connectivity index (χ1) is 9.34. The Morgan fingerprint density at radius 2 is 1.89 bits per heavy atom. The summed E-state index contributed by atoms with van der Waals surface area (Å²) in [5, 5.41) is 8.98. The lowest BCUT2D eigenvalue weighted by Gasteiger charge is -2.01. The number of nitrogens with zero attached hydrogens (tertiary/aromatic N) is 4. The van der Waals surface area contributed by atoms with Crippen molar-refractivity contribution >= 4 is 17.2 Å². The van der Waals surface area contributed by atoms with Crippen molar-refractivity contribution in [1.29, 1.82) is 0 Å². The maximum Gasteiger partial charge on any atom is 0.180 e.